The van der Waals surface area contributed by atoms with Crippen LogP contribution in [0.3, 0.4) is 0 Å². The van der Waals surface area contributed by atoms with E-state index in [9.17, 15) is 14.0 Å². The summed E-state index contributed by atoms with van der Waals surface area (Å²) in [5, 5.41) is 2.52. The highest BCUT2D eigenvalue weighted by Gasteiger charge is 2.33. The molecule has 0 saturated heterocycles. The second-order valence-electron chi connectivity index (χ2n) is 5.11. The van der Waals surface area contributed by atoms with Gasteiger partial charge in [-0.1, -0.05) is 12.1 Å². The molecule has 1 aliphatic heterocycles. The van der Waals surface area contributed by atoms with Crippen LogP contribution in [0.25, 0.3) is 0 Å². The molecule has 1 aliphatic rings. The Balaban J connectivity index is 1.97. The number of carbonyl (C=O) groups excluding carboxylic acids is 2. The average Bonchev–Trinajstić information content (AvgIpc) is 2.60. The van der Waals surface area contributed by atoms with Crippen molar-refractivity contribution in [3.63, 3.8) is 0 Å². The number of nitrogens with zero attached hydrogens (tertiary/aromatic N) is 1. The molecular weight excluding hydrogens is 299 g/mol. The van der Waals surface area contributed by atoms with Crippen LogP contribution in [0.4, 0.5) is 10.1 Å². The largest absolute Gasteiger partial charge is 0.477 e. The Bertz CT molecular complexity index is 746. The number of likely N-dealkylation sites (N-methyl/N-ethyl adjacent to an activating group) is 1. The van der Waals surface area contributed by atoms with E-state index in [0.717, 1.165) is 0 Å². The van der Waals surface area contributed by atoms with Crippen molar-refractivity contribution in [2.75, 3.05) is 18.5 Å². The van der Waals surface area contributed by atoms with E-state index in [-0.39, 0.29) is 18.4 Å². The van der Waals surface area contributed by atoms with Crippen molar-refractivity contribution < 1.29 is 18.7 Å². The first-order chi connectivity index (χ1) is 11.1. The van der Waals surface area contributed by atoms with Gasteiger partial charge >= 0.3 is 0 Å². The number of rotatable bonds is 2. The molecule has 5 nitrogen and oxygen atoms in total. The monoisotopic (exact) mass is 314 g/mol. The molecule has 0 fully saturated rings. The molecule has 1 N–H and O–H groups in total. The third-order valence-corrected chi connectivity index (χ3v) is 3.65. The molecule has 0 radical (unpaired) electrons. The van der Waals surface area contributed by atoms with Crippen molar-refractivity contribution >= 4 is 17.5 Å². The summed E-state index contributed by atoms with van der Waals surface area (Å²) in [7, 11) is 1.51. The molecule has 1 heterocycles. The van der Waals surface area contributed by atoms with Crippen LogP contribution in [-0.2, 0) is 4.79 Å². The Morgan fingerprint density at radius 2 is 1.87 bits per heavy atom. The number of fused-ring (bicyclic) bond motifs is 1. The van der Waals surface area contributed by atoms with Gasteiger partial charge in [-0.25, -0.2) is 4.39 Å². The van der Waals surface area contributed by atoms with Crippen molar-refractivity contribution in [1.29, 1.82) is 0 Å². The van der Waals surface area contributed by atoms with Crippen molar-refractivity contribution in [3.05, 3.63) is 59.9 Å². The van der Waals surface area contributed by atoms with Gasteiger partial charge in [0.1, 0.15) is 11.6 Å². The van der Waals surface area contributed by atoms with E-state index in [4.69, 9.17) is 4.74 Å². The smallest absolute Gasteiger partial charge is 0.262 e. The van der Waals surface area contributed by atoms with Gasteiger partial charge in [0.2, 0.25) is 0 Å². The van der Waals surface area contributed by atoms with E-state index in [1.807, 2.05) is 0 Å². The van der Waals surface area contributed by atoms with Crippen LogP contribution in [0.15, 0.2) is 48.5 Å². The van der Waals surface area contributed by atoms with Crippen LogP contribution >= 0.6 is 0 Å². The zero-order valence-corrected chi connectivity index (χ0v) is 12.5. The Labute approximate surface area is 132 Å². The number of hydrogen-bond acceptors (Lipinski definition) is 3. The van der Waals surface area contributed by atoms with Gasteiger partial charge in [-0.15, -0.1) is 0 Å². The van der Waals surface area contributed by atoms with Crippen molar-refractivity contribution in [2.24, 2.45) is 0 Å². The van der Waals surface area contributed by atoms with Gasteiger partial charge in [0.05, 0.1) is 12.2 Å². The normalized spacial score (nSPS) is 16.3. The summed E-state index contributed by atoms with van der Waals surface area (Å²) in [4.78, 5) is 26.1. The van der Waals surface area contributed by atoms with Crippen LogP contribution in [0.2, 0.25) is 0 Å². The SMILES string of the molecule is CNC(=O)[C@H]1CN(C(=O)c2ccc(F)cc2)c2ccccc2O1. The molecule has 23 heavy (non-hydrogen) atoms. The molecule has 0 unspecified atom stereocenters. The number of benzene rings is 2. The summed E-state index contributed by atoms with van der Waals surface area (Å²) in [5.41, 5.74) is 0.931. The third-order valence-electron chi connectivity index (χ3n) is 3.65. The number of nitrogens with one attached hydrogen (secondary N) is 1. The molecule has 6 heteroatoms. The van der Waals surface area contributed by atoms with Gasteiger partial charge in [0.25, 0.3) is 11.8 Å². The highest BCUT2D eigenvalue weighted by molar-refractivity contribution is 6.07. The molecule has 2 aromatic rings. The fraction of sp³-hybridized carbons (Fsp3) is 0.176. The number of anilines is 1. The second-order valence-corrected chi connectivity index (χ2v) is 5.11. The maximum absolute atomic E-state index is 13.0. The van der Waals surface area contributed by atoms with E-state index in [1.54, 1.807) is 24.3 Å². The molecule has 0 aromatic heterocycles. The molecule has 3 rings (SSSR count). The van der Waals surface area contributed by atoms with Crippen LogP contribution in [0, 0.1) is 5.82 Å². The Morgan fingerprint density at radius 3 is 2.57 bits per heavy atom. The van der Waals surface area contributed by atoms with Gasteiger partial charge in [-0.3, -0.25) is 9.59 Å². The molecule has 0 aliphatic carbocycles. The van der Waals surface area contributed by atoms with Gasteiger partial charge in [0, 0.05) is 12.6 Å². The van der Waals surface area contributed by atoms with Gasteiger partial charge in [-0.05, 0) is 36.4 Å². The molecule has 118 valence electrons. The molecule has 0 bridgehead atoms. The topological polar surface area (TPSA) is 58.6 Å². The number of hydrogen-bond donors (Lipinski definition) is 1. The summed E-state index contributed by atoms with van der Waals surface area (Å²) in [6.45, 7) is 0.0902. The fourth-order valence-corrected chi connectivity index (χ4v) is 2.47. The number of amides is 2. The standard InChI is InChI=1S/C17H15FN2O3/c1-19-16(21)15-10-20(13-4-2-3-5-14(13)23-15)17(22)11-6-8-12(18)9-7-11/h2-9,15H,10H2,1H3,(H,19,21)/t15-/m1/s1. The minimum Gasteiger partial charge on any atom is -0.477 e. The van der Waals surface area contributed by atoms with Crippen molar-refractivity contribution in [1.82, 2.24) is 5.32 Å². The number of carbonyl (C=O) groups is 2. The van der Waals surface area contributed by atoms with Gasteiger partial charge in [0.15, 0.2) is 6.10 Å². The lowest BCUT2D eigenvalue weighted by atomic mass is 10.1. The highest BCUT2D eigenvalue weighted by Crippen LogP contribution is 2.34. The summed E-state index contributed by atoms with van der Waals surface area (Å²) >= 11 is 0. The fourth-order valence-electron chi connectivity index (χ4n) is 2.47. The third kappa shape index (κ3) is 2.88. The Hall–Kier alpha value is -2.89. The molecular formula is C17H15FN2O3. The number of ether oxygens (including phenoxy) is 1. The lowest BCUT2D eigenvalue weighted by Crippen LogP contribution is -2.50. The average molecular weight is 314 g/mol. The van der Waals surface area contributed by atoms with Crippen LogP contribution < -0.4 is 15.0 Å². The summed E-state index contributed by atoms with van der Waals surface area (Å²) in [6.07, 6.45) is -0.792. The summed E-state index contributed by atoms with van der Waals surface area (Å²) < 4.78 is 18.7. The van der Waals surface area contributed by atoms with Crippen molar-refractivity contribution in [3.8, 4) is 5.75 Å². The molecule has 1 atom stereocenters. The van der Waals surface area contributed by atoms with E-state index in [2.05, 4.69) is 5.32 Å². The predicted molar refractivity (Wildman–Crippen MR) is 83.0 cm³/mol. The lowest BCUT2D eigenvalue weighted by molar-refractivity contribution is -0.127. The minimum absolute atomic E-state index is 0.0902. The molecule has 0 spiro atoms. The Morgan fingerprint density at radius 1 is 1.17 bits per heavy atom. The van der Waals surface area contributed by atoms with Crippen LogP contribution in [-0.4, -0.2) is 31.5 Å². The van der Waals surface area contributed by atoms with Crippen LogP contribution in [0.5, 0.6) is 5.75 Å². The van der Waals surface area contributed by atoms with Gasteiger partial charge in [-0.2, -0.15) is 0 Å². The van der Waals surface area contributed by atoms with E-state index in [0.29, 0.717) is 17.0 Å². The summed E-state index contributed by atoms with van der Waals surface area (Å²) in [6, 6.07) is 12.3. The Kier molecular flexibility index (Phi) is 3.97. The summed E-state index contributed by atoms with van der Waals surface area (Å²) in [5.74, 6) is -0.568. The molecule has 2 amide bonds. The number of para-hydroxylation sites is 2. The zero-order valence-electron chi connectivity index (χ0n) is 12.5. The maximum atomic E-state index is 13.0. The van der Waals surface area contributed by atoms with Crippen LogP contribution in [0.1, 0.15) is 10.4 Å². The van der Waals surface area contributed by atoms with E-state index >= 15 is 0 Å². The minimum atomic E-state index is -0.792. The molecule has 2 aromatic carbocycles. The molecule has 0 saturated carbocycles. The quantitative estimate of drug-likeness (QED) is 0.922. The first-order valence-electron chi connectivity index (χ1n) is 7.15. The van der Waals surface area contributed by atoms with Gasteiger partial charge < -0.3 is 15.0 Å². The second kappa shape index (κ2) is 6.08. The van der Waals surface area contributed by atoms with E-state index < -0.39 is 11.9 Å². The first kappa shape index (κ1) is 15.0. The van der Waals surface area contributed by atoms with Crippen molar-refractivity contribution in [2.45, 2.75) is 6.10 Å². The highest BCUT2D eigenvalue weighted by atomic mass is 19.1. The predicted octanol–water partition coefficient (Wildman–Crippen LogP) is 1.98. The van der Waals surface area contributed by atoms with E-state index in [1.165, 1.54) is 36.2 Å². The maximum Gasteiger partial charge on any atom is 0.262 e. The lowest BCUT2D eigenvalue weighted by Gasteiger charge is -2.34. The number of halogens is 1. The first-order valence-corrected chi connectivity index (χ1v) is 7.15. The zero-order chi connectivity index (χ0) is 16.4.